The number of hydrogen-bond acceptors (Lipinski definition) is 2. The Bertz CT molecular complexity index is 799. The third kappa shape index (κ3) is 3.40. The molecule has 0 heterocycles. The Balaban J connectivity index is 1.71. The summed E-state index contributed by atoms with van der Waals surface area (Å²) in [7, 11) is 0. The van der Waals surface area contributed by atoms with Crippen LogP contribution in [0.1, 0.15) is 18.4 Å². The summed E-state index contributed by atoms with van der Waals surface area (Å²) in [4.78, 5) is 25.1. The van der Waals surface area contributed by atoms with Crippen molar-refractivity contribution < 1.29 is 9.59 Å². The van der Waals surface area contributed by atoms with Crippen molar-refractivity contribution in [3.8, 4) is 0 Å². The Morgan fingerprint density at radius 3 is 2.17 bits per heavy atom. The third-order valence-corrected chi connectivity index (χ3v) is 4.66. The Labute approximate surface area is 150 Å². The Morgan fingerprint density at radius 2 is 1.58 bits per heavy atom. The predicted octanol–water partition coefficient (Wildman–Crippen LogP) is 4.66. The van der Waals surface area contributed by atoms with Gasteiger partial charge in [0.2, 0.25) is 11.8 Å². The van der Waals surface area contributed by atoms with E-state index in [0.717, 1.165) is 5.56 Å². The molecule has 2 amide bonds. The first kappa shape index (κ1) is 16.8. The molecule has 0 bridgehead atoms. The molecular weight excluding hydrogens is 347 g/mol. The van der Waals surface area contributed by atoms with Crippen LogP contribution in [0, 0.1) is 12.3 Å². The first-order valence-corrected chi connectivity index (χ1v) is 8.31. The second-order valence-corrected chi connectivity index (χ2v) is 6.82. The van der Waals surface area contributed by atoms with Gasteiger partial charge in [-0.3, -0.25) is 9.59 Å². The van der Waals surface area contributed by atoms with E-state index in [1.165, 1.54) is 0 Å². The van der Waals surface area contributed by atoms with Crippen molar-refractivity contribution in [2.24, 2.45) is 5.41 Å². The van der Waals surface area contributed by atoms with E-state index in [2.05, 4.69) is 10.6 Å². The number of rotatable bonds is 4. The van der Waals surface area contributed by atoms with Crippen LogP contribution in [0.5, 0.6) is 0 Å². The largest absolute Gasteiger partial charge is 0.325 e. The molecule has 4 nitrogen and oxygen atoms in total. The third-order valence-electron chi connectivity index (χ3n) is 4.11. The number of halogens is 2. The Morgan fingerprint density at radius 1 is 0.958 bits per heavy atom. The first-order chi connectivity index (χ1) is 11.4. The Hall–Kier alpha value is -2.04. The van der Waals surface area contributed by atoms with Crippen molar-refractivity contribution in [2.75, 3.05) is 10.6 Å². The van der Waals surface area contributed by atoms with Gasteiger partial charge in [-0.2, -0.15) is 0 Å². The molecule has 0 saturated heterocycles. The van der Waals surface area contributed by atoms with E-state index < -0.39 is 5.41 Å². The summed E-state index contributed by atoms with van der Waals surface area (Å²) in [6.07, 6.45) is 1.03. The highest BCUT2D eigenvalue weighted by atomic mass is 35.5. The number of amides is 2. The van der Waals surface area contributed by atoms with Crippen molar-refractivity contribution in [1.82, 2.24) is 0 Å². The maximum atomic E-state index is 12.6. The number of anilines is 2. The van der Waals surface area contributed by atoms with Gasteiger partial charge in [-0.05, 0) is 50.1 Å². The van der Waals surface area contributed by atoms with Gasteiger partial charge in [0.05, 0.1) is 10.7 Å². The van der Waals surface area contributed by atoms with Gasteiger partial charge < -0.3 is 10.6 Å². The van der Waals surface area contributed by atoms with Gasteiger partial charge in [0, 0.05) is 10.7 Å². The molecular formula is C18H16Cl2N2O2. The van der Waals surface area contributed by atoms with E-state index in [-0.39, 0.29) is 11.8 Å². The van der Waals surface area contributed by atoms with Crippen LogP contribution in [0.4, 0.5) is 11.4 Å². The van der Waals surface area contributed by atoms with Crippen LogP contribution in [0.25, 0.3) is 0 Å². The van der Waals surface area contributed by atoms with Gasteiger partial charge >= 0.3 is 0 Å². The molecule has 0 atom stereocenters. The second kappa shape index (κ2) is 6.46. The molecule has 6 heteroatoms. The van der Waals surface area contributed by atoms with Crippen molar-refractivity contribution in [2.45, 2.75) is 19.8 Å². The van der Waals surface area contributed by atoms with Crippen LogP contribution in [-0.4, -0.2) is 11.8 Å². The van der Waals surface area contributed by atoms with Crippen molar-refractivity contribution >= 4 is 46.4 Å². The van der Waals surface area contributed by atoms with Crippen LogP contribution in [0.3, 0.4) is 0 Å². The number of carbonyl (C=O) groups is 2. The van der Waals surface area contributed by atoms with Gasteiger partial charge in [-0.15, -0.1) is 0 Å². The van der Waals surface area contributed by atoms with Crippen LogP contribution >= 0.6 is 23.2 Å². The summed E-state index contributed by atoms with van der Waals surface area (Å²) < 4.78 is 0. The van der Waals surface area contributed by atoms with Crippen molar-refractivity contribution in [1.29, 1.82) is 0 Å². The molecule has 24 heavy (non-hydrogen) atoms. The minimum Gasteiger partial charge on any atom is -0.325 e. The molecule has 3 rings (SSSR count). The quantitative estimate of drug-likeness (QED) is 0.777. The van der Waals surface area contributed by atoms with E-state index in [9.17, 15) is 9.59 Å². The topological polar surface area (TPSA) is 58.2 Å². The summed E-state index contributed by atoms with van der Waals surface area (Å²) >= 11 is 11.9. The molecule has 1 aliphatic rings. The van der Waals surface area contributed by atoms with E-state index in [4.69, 9.17) is 23.2 Å². The van der Waals surface area contributed by atoms with Gasteiger partial charge in [-0.25, -0.2) is 0 Å². The average molecular weight is 363 g/mol. The number of hydrogen-bond donors (Lipinski definition) is 2. The highest BCUT2D eigenvalue weighted by molar-refractivity contribution is 6.37. The lowest BCUT2D eigenvalue weighted by Crippen LogP contribution is -2.35. The van der Waals surface area contributed by atoms with E-state index in [1.54, 1.807) is 18.2 Å². The summed E-state index contributed by atoms with van der Waals surface area (Å²) in [6.45, 7) is 1.97. The zero-order valence-corrected chi connectivity index (χ0v) is 14.5. The van der Waals surface area contributed by atoms with E-state index in [1.807, 2.05) is 31.2 Å². The normalized spacial score (nSPS) is 14.8. The van der Waals surface area contributed by atoms with Crippen molar-refractivity contribution in [3.05, 3.63) is 58.1 Å². The highest BCUT2D eigenvalue weighted by Crippen LogP contribution is 2.47. The van der Waals surface area contributed by atoms with Crippen LogP contribution in [0.2, 0.25) is 10.0 Å². The summed E-state index contributed by atoms with van der Waals surface area (Å²) in [6, 6.07) is 12.2. The maximum Gasteiger partial charge on any atom is 0.240 e. The lowest BCUT2D eigenvalue weighted by Gasteiger charge is -2.16. The number of benzene rings is 2. The van der Waals surface area contributed by atoms with Gasteiger partial charge in [-0.1, -0.05) is 40.9 Å². The second-order valence-electron chi connectivity index (χ2n) is 5.98. The fourth-order valence-corrected chi connectivity index (χ4v) is 2.86. The molecule has 124 valence electrons. The average Bonchev–Trinajstić information content (AvgIpc) is 3.34. The lowest BCUT2D eigenvalue weighted by atomic mass is 10.0. The minimum absolute atomic E-state index is 0.297. The molecule has 2 aromatic carbocycles. The van der Waals surface area contributed by atoms with Gasteiger partial charge in [0.1, 0.15) is 5.41 Å². The Kier molecular flexibility index (Phi) is 4.52. The van der Waals surface area contributed by atoms with Crippen molar-refractivity contribution in [3.63, 3.8) is 0 Å². The molecule has 0 spiro atoms. The molecule has 0 radical (unpaired) electrons. The smallest absolute Gasteiger partial charge is 0.240 e. The molecule has 1 fully saturated rings. The number of aryl methyl sites for hydroxylation is 1. The van der Waals surface area contributed by atoms with E-state index >= 15 is 0 Å². The van der Waals surface area contributed by atoms with E-state index in [0.29, 0.717) is 34.3 Å². The summed E-state index contributed by atoms with van der Waals surface area (Å²) in [5, 5.41) is 6.36. The van der Waals surface area contributed by atoms with Gasteiger partial charge in [0.25, 0.3) is 0 Å². The number of nitrogens with one attached hydrogen (secondary N) is 2. The summed E-state index contributed by atoms with van der Waals surface area (Å²) in [5.41, 5.74) is 1.19. The van der Waals surface area contributed by atoms with Gasteiger partial charge in [0.15, 0.2) is 0 Å². The first-order valence-electron chi connectivity index (χ1n) is 7.55. The maximum absolute atomic E-state index is 12.6. The molecule has 0 unspecified atom stereocenters. The fourth-order valence-electron chi connectivity index (χ4n) is 2.40. The summed E-state index contributed by atoms with van der Waals surface area (Å²) in [5.74, 6) is -0.648. The molecule has 2 aromatic rings. The SMILES string of the molecule is Cc1ccc(NC(=O)C2(C(=O)Nc3ccc(Cl)cc3Cl)CC2)cc1. The van der Waals surface area contributed by atoms with Crippen LogP contribution in [-0.2, 0) is 9.59 Å². The number of carbonyl (C=O) groups excluding carboxylic acids is 2. The molecule has 0 aromatic heterocycles. The van der Waals surface area contributed by atoms with Crippen LogP contribution in [0.15, 0.2) is 42.5 Å². The molecule has 0 aliphatic heterocycles. The monoisotopic (exact) mass is 362 g/mol. The van der Waals surface area contributed by atoms with Crippen LogP contribution < -0.4 is 10.6 Å². The fraction of sp³-hybridized carbons (Fsp3) is 0.222. The molecule has 1 aliphatic carbocycles. The lowest BCUT2D eigenvalue weighted by molar-refractivity contribution is -0.131. The molecule has 1 saturated carbocycles. The highest BCUT2D eigenvalue weighted by Gasteiger charge is 2.56. The molecule has 2 N–H and O–H groups in total. The predicted molar refractivity (Wildman–Crippen MR) is 96.6 cm³/mol. The zero-order valence-electron chi connectivity index (χ0n) is 13.0. The minimum atomic E-state index is -1.03. The zero-order chi connectivity index (χ0) is 17.3. The standard InChI is InChI=1S/C18H16Cl2N2O2/c1-11-2-5-13(6-3-11)21-16(23)18(8-9-18)17(24)22-15-7-4-12(19)10-14(15)20/h2-7,10H,8-9H2,1H3,(H,21,23)(H,22,24).